The van der Waals surface area contributed by atoms with Crippen molar-refractivity contribution in [2.24, 2.45) is 5.92 Å². The fraction of sp³-hybridized carbons (Fsp3) is 0.524. The van der Waals surface area contributed by atoms with Crippen molar-refractivity contribution in [3.8, 4) is 0 Å². The van der Waals surface area contributed by atoms with Crippen LogP contribution in [0.5, 0.6) is 0 Å². The minimum atomic E-state index is 0.624. The van der Waals surface area contributed by atoms with Gasteiger partial charge in [-0.3, -0.25) is 0 Å². The molecule has 0 atom stereocenters. The quantitative estimate of drug-likeness (QED) is 0.421. The van der Waals surface area contributed by atoms with Gasteiger partial charge in [-0.1, -0.05) is 42.5 Å². The van der Waals surface area contributed by atoms with Crippen LogP contribution in [-0.4, -0.2) is 6.61 Å². The van der Waals surface area contributed by atoms with E-state index in [2.05, 4.69) is 49.9 Å². The molecule has 1 aromatic rings. The molecular formula is C21H30O. The summed E-state index contributed by atoms with van der Waals surface area (Å²) in [7, 11) is 0. The Morgan fingerprint density at radius 2 is 1.86 bits per heavy atom. The van der Waals surface area contributed by atoms with Gasteiger partial charge in [0.05, 0.1) is 13.2 Å². The maximum atomic E-state index is 5.49. The zero-order valence-corrected chi connectivity index (χ0v) is 14.0. The second-order valence-corrected chi connectivity index (χ2v) is 6.41. The topological polar surface area (TPSA) is 9.23 Å². The smallest absolute Gasteiger partial charge is 0.0721 e. The zero-order valence-electron chi connectivity index (χ0n) is 14.0. The van der Waals surface area contributed by atoms with Crippen LogP contribution in [0.2, 0.25) is 0 Å². The number of benzene rings is 1. The molecular weight excluding hydrogens is 268 g/mol. The molecule has 1 aliphatic carbocycles. The number of allylic oxidation sites excluding steroid dienone is 2. The van der Waals surface area contributed by atoms with Crippen LogP contribution in [0.4, 0.5) is 0 Å². The van der Waals surface area contributed by atoms with Gasteiger partial charge in [0.1, 0.15) is 0 Å². The minimum absolute atomic E-state index is 0.624. The Balaban J connectivity index is 1.77. The van der Waals surface area contributed by atoms with Crippen LogP contribution in [0.1, 0.15) is 62.5 Å². The Morgan fingerprint density at radius 1 is 1.14 bits per heavy atom. The van der Waals surface area contributed by atoms with Crippen molar-refractivity contribution in [3.05, 3.63) is 60.2 Å². The third-order valence-corrected chi connectivity index (χ3v) is 4.78. The molecule has 120 valence electrons. The summed E-state index contributed by atoms with van der Waals surface area (Å²) in [5.41, 5.74) is 2.77. The molecule has 0 aliphatic heterocycles. The van der Waals surface area contributed by atoms with Gasteiger partial charge in [0.25, 0.3) is 0 Å². The first-order chi connectivity index (χ1) is 10.8. The third-order valence-electron chi connectivity index (χ3n) is 4.78. The van der Waals surface area contributed by atoms with Crippen LogP contribution in [0.15, 0.2) is 49.1 Å². The van der Waals surface area contributed by atoms with Gasteiger partial charge in [-0.05, 0) is 68.4 Å². The average Bonchev–Trinajstić information content (AvgIpc) is 2.57. The van der Waals surface area contributed by atoms with Gasteiger partial charge in [0, 0.05) is 0 Å². The lowest BCUT2D eigenvalue weighted by molar-refractivity contribution is 0.149. The first-order valence-corrected chi connectivity index (χ1v) is 8.72. The van der Waals surface area contributed by atoms with E-state index in [0.717, 1.165) is 11.8 Å². The van der Waals surface area contributed by atoms with Gasteiger partial charge < -0.3 is 4.74 Å². The molecule has 0 aromatic heterocycles. The molecule has 0 heterocycles. The summed E-state index contributed by atoms with van der Waals surface area (Å²) < 4.78 is 5.49. The number of hydrogen-bond donors (Lipinski definition) is 0. The van der Waals surface area contributed by atoms with E-state index in [-0.39, 0.29) is 0 Å². The van der Waals surface area contributed by atoms with Crippen molar-refractivity contribution in [2.45, 2.75) is 58.0 Å². The lowest BCUT2D eigenvalue weighted by atomic mass is 9.77. The molecule has 1 aliphatic rings. The van der Waals surface area contributed by atoms with E-state index < -0.39 is 0 Å². The normalized spacial score (nSPS) is 22.0. The molecule has 2 rings (SSSR count). The lowest BCUT2D eigenvalue weighted by Gasteiger charge is -2.28. The molecule has 0 bridgehead atoms. The molecule has 0 radical (unpaired) electrons. The highest BCUT2D eigenvalue weighted by Gasteiger charge is 2.21. The SMILES string of the molecule is C=CCOCc1ccc([C@H]2CC[C@H](CC/C=C/C)CC2)cc1. The second kappa shape index (κ2) is 9.63. The highest BCUT2D eigenvalue weighted by atomic mass is 16.5. The van der Waals surface area contributed by atoms with Crippen molar-refractivity contribution in [3.63, 3.8) is 0 Å². The fourth-order valence-corrected chi connectivity index (χ4v) is 3.43. The summed E-state index contributed by atoms with van der Waals surface area (Å²) in [6.45, 7) is 7.09. The highest BCUT2D eigenvalue weighted by Crippen LogP contribution is 2.37. The molecule has 0 unspecified atom stereocenters. The molecule has 0 N–H and O–H groups in total. The highest BCUT2D eigenvalue weighted by molar-refractivity contribution is 5.25. The van der Waals surface area contributed by atoms with Crippen LogP contribution in [0.3, 0.4) is 0 Å². The Morgan fingerprint density at radius 3 is 2.50 bits per heavy atom. The van der Waals surface area contributed by atoms with E-state index in [4.69, 9.17) is 4.74 Å². The Hall–Kier alpha value is -1.34. The molecule has 0 spiro atoms. The Bertz CT molecular complexity index is 449. The third kappa shape index (κ3) is 5.46. The standard InChI is InChI=1S/C21H30O/c1-3-5-6-7-18-8-12-20(13-9-18)21-14-10-19(11-15-21)17-22-16-4-2/h3-5,10-11,14-15,18,20H,2,6-9,12-13,16-17H2,1H3/b5-3+/t18-,20-. The van der Waals surface area contributed by atoms with E-state index in [9.17, 15) is 0 Å². The van der Waals surface area contributed by atoms with E-state index in [1.54, 1.807) is 6.08 Å². The van der Waals surface area contributed by atoms with Crippen LogP contribution in [0.25, 0.3) is 0 Å². The summed E-state index contributed by atoms with van der Waals surface area (Å²) in [6, 6.07) is 9.04. The van der Waals surface area contributed by atoms with Crippen LogP contribution in [-0.2, 0) is 11.3 Å². The predicted molar refractivity (Wildman–Crippen MR) is 95.0 cm³/mol. The Kier molecular flexibility index (Phi) is 7.45. The zero-order chi connectivity index (χ0) is 15.6. The monoisotopic (exact) mass is 298 g/mol. The summed E-state index contributed by atoms with van der Waals surface area (Å²) in [5.74, 6) is 1.71. The van der Waals surface area contributed by atoms with Gasteiger partial charge in [-0.2, -0.15) is 0 Å². The minimum Gasteiger partial charge on any atom is -0.373 e. The number of rotatable bonds is 8. The predicted octanol–water partition coefficient (Wildman–Crippen LogP) is 6.02. The van der Waals surface area contributed by atoms with Gasteiger partial charge in [-0.25, -0.2) is 0 Å². The summed E-state index contributed by atoms with van der Waals surface area (Å²) in [6.07, 6.45) is 14.4. The van der Waals surface area contributed by atoms with Crippen LogP contribution >= 0.6 is 0 Å². The van der Waals surface area contributed by atoms with E-state index >= 15 is 0 Å². The average molecular weight is 298 g/mol. The lowest BCUT2D eigenvalue weighted by Crippen LogP contribution is -2.13. The van der Waals surface area contributed by atoms with Gasteiger partial charge in [-0.15, -0.1) is 6.58 Å². The molecule has 1 heteroatoms. The summed E-state index contributed by atoms with van der Waals surface area (Å²) in [4.78, 5) is 0. The maximum absolute atomic E-state index is 5.49. The summed E-state index contributed by atoms with van der Waals surface area (Å²) >= 11 is 0. The van der Waals surface area contributed by atoms with Gasteiger partial charge >= 0.3 is 0 Å². The summed E-state index contributed by atoms with van der Waals surface area (Å²) in [5, 5.41) is 0. The molecule has 22 heavy (non-hydrogen) atoms. The molecule has 1 fully saturated rings. The van der Waals surface area contributed by atoms with Crippen molar-refractivity contribution in [1.29, 1.82) is 0 Å². The molecule has 1 aromatic carbocycles. The van der Waals surface area contributed by atoms with Crippen molar-refractivity contribution in [1.82, 2.24) is 0 Å². The van der Waals surface area contributed by atoms with Crippen molar-refractivity contribution >= 4 is 0 Å². The number of hydrogen-bond acceptors (Lipinski definition) is 1. The molecule has 1 saturated carbocycles. The fourth-order valence-electron chi connectivity index (χ4n) is 3.43. The van der Waals surface area contributed by atoms with Crippen LogP contribution in [0, 0.1) is 5.92 Å². The van der Waals surface area contributed by atoms with Gasteiger partial charge in [0.2, 0.25) is 0 Å². The van der Waals surface area contributed by atoms with E-state index in [0.29, 0.717) is 13.2 Å². The molecule has 1 nitrogen and oxygen atoms in total. The van der Waals surface area contributed by atoms with Crippen LogP contribution < -0.4 is 0 Å². The second-order valence-electron chi connectivity index (χ2n) is 6.41. The first kappa shape index (κ1) is 17.0. The van der Waals surface area contributed by atoms with Gasteiger partial charge in [0.15, 0.2) is 0 Å². The number of ether oxygens (including phenoxy) is 1. The largest absolute Gasteiger partial charge is 0.373 e. The first-order valence-electron chi connectivity index (χ1n) is 8.72. The van der Waals surface area contributed by atoms with Crippen molar-refractivity contribution in [2.75, 3.05) is 6.61 Å². The maximum Gasteiger partial charge on any atom is 0.0721 e. The molecule has 0 saturated heterocycles. The molecule has 0 amide bonds. The van der Waals surface area contributed by atoms with E-state index in [1.165, 1.54) is 49.7 Å². The Labute approximate surface area is 136 Å². The van der Waals surface area contributed by atoms with E-state index in [1.807, 2.05) is 0 Å². The van der Waals surface area contributed by atoms with Crippen molar-refractivity contribution < 1.29 is 4.74 Å².